The summed E-state index contributed by atoms with van der Waals surface area (Å²) in [6.07, 6.45) is 2.77. The van der Waals surface area contributed by atoms with E-state index >= 15 is 0 Å². The van der Waals surface area contributed by atoms with Crippen molar-refractivity contribution in [3.05, 3.63) is 0 Å². The van der Waals surface area contributed by atoms with E-state index in [1.165, 1.54) is 7.11 Å². The van der Waals surface area contributed by atoms with Gasteiger partial charge in [-0.2, -0.15) is 0 Å². The number of rotatable bonds is 1. The van der Waals surface area contributed by atoms with Crippen molar-refractivity contribution < 1.29 is 14.3 Å². The summed E-state index contributed by atoms with van der Waals surface area (Å²) in [5, 5.41) is 3.45. The quantitative estimate of drug-likeness (QED) is 0.623. The van der Waals surface area contributed by atoms with Gasteiger partial charge in [-0.1, -0.05) is 0 Å². The summed E-state index contributed by atoms with van der Waals surface area (Å²) in [6.45, 7) is 2.17. The summed E-state index contributed by atoms with van der Waals surface area (Å²) in [4.78, 5) is 11.3. The van der Waals surface area contributed by atoms with Crippen LogP contribution in [0.25, 0.3) is 0 Å². The molecule has 4 heteroatoms. The number of hydrogen-bond donors (Lipinski definition) is 1. The highest BCUT2D eigenvalue weighted by Gasteiger charge is 2.41. The fourth-order valence-electron chi connectivity index (χ4n) is 2.33. The van der Waals surface area contributed by atoms with Crippen LogP contribution in [-0.2, 0) is 14.3 Å². The van der Waals surface area contributed by atoms with Crippen LogP contribution in [0.1, 0.15) is 26.2 Å². The molecule has 14 heavy (non-hydrogen) atoms. The van der Waals surface area contributed by atoms with E-state index in [1.54, 1.807) is 0 Å². The van der Waals surface area contributed by atoms with Crippen molar-refractivity contribution >= 4 is 5.97 Å². The van der Waals surface area contributed by atoms with Crippen LogP contribution < -0.4 is 5.32 Å². The molecule has 2 rings (SSSR count). The lowest BCUT2D eigenvalue weighted by Gasteiger charge is -2.29. The minimum atomic E-state index is -0.354. The Labute approximate surface area is 84.0 Å². The van der Waals surface area contributed by atoms with Crippen LogP contribution in [0, 0.1) is 0 Å². The summed E-state index contributed by atoms with van der Waals surface area (Å²) in [6, 6.07) is 0.874. The van der Waals surface area contributed by atoms with E-state index in [0.29, 0.717) is 12.1 Å². The third-order valence-electron chi connectivity index (χ3n) is 3.10. The van der Waals surface area contributed by atoms with Crippen LogP contribution >= 0.6 is 0 Å². The average molecular weight is 199 g/mol. The number of esters is 1. The van der Waals surface area contributed by atoms with Gasteiger partial charge in [-0.15, -0.1) is 0 Å². The third-order valence-corrected chi connectivity index (χ3v) is 3.10. The molecule has 0 aromatic rings. The Morgan fingerprint density at radius 1 is 1.50 bits per heavy atom. The maximum atomic E-state index is 11.3. The minimum absolute atomic E-state index is 0.204. The van der Waals surface area contributed by atoms with Gasteiger partial charge < -0.3 is 14.8 Å². The van der Waals surface area contributed by atoms with E-state index < -0.39 is 0 Å². The number of carbonyl (C=O) groups excluding carboxylic acids is 1. The normalized spacial score (nSPS) is 41.9. The van der Waals surface area contributed by atoms with Crippen LogP contribution in [-0.4, -0.2) is 37.4 Å². The molecule has 0 amide bonds. The predicted molar refractivity (Wildman–Crippen MR) is 50.9 cm³/mol. The molecule has 0 spiro atoms. The van der Waals surface area contributed by atoms with E-state index in [0.717, 1.165) is 19.3 Å². The summed E-state index contributed by atoms with van der Waals surface area (Å²) in [5.74, 6) is -0.242. The van der Waals surface area contributed by atoms with Gasteiger partial charge in [-0.25, -0.2) is 4.79 Å². The van der Waals surface area contributed by atoms with Crippen molar-refractivity contribution in [3.63, 3.8) is 0 Å². The molecule has 2 saturated heterocycles. The van der Waals surface area contributed by atoms with Crippen LogP contribution in [0.3, 0.4) is 0 Å². The SMILES string of the molecule is COC(=O)[C@@H]1C[C@@H]2N[C@@H](C)CC[C@H]2O1. The van der Waals surface area contributed by atoms with E-state index in [4.69, 9.17) is 4.74 Å². The van der Waals surface area contributed by atoms with E-state index in [1.807, 2.05) is 0 Å². The molecule has 0 saturated carbocycles. The molecule has 0 aromatic heterocycles. The number of nitrogens with one attached hydrogen (secondary N) is 1. The van der Waals surface area contributed by atoms with E-state index in [2.05, 4.69) is 17.0 Å². The second-order valence-electron chi connectivity index (χ2n) is 4.17. The maximum absolute atomic E-state index is 11.3. The molecule has 0 bridgehead atoms. The zero-order valence-corrected chi connectivity index (χ0v) is 8.66. The molecule has 2 heterocycles. The van der Waals surface area contributed by atoms with Gasteiger partial charge in [0.25, 0.3) is 0 Å². The van der Waals surface area contributed by atoms with Gasteiger partial charge in [-0.3, -0.25) is 0 Å². The summed E-state index contributed by atoms with van der Waals surface area (Å²) >= 11 is 0. The predicted octanol–water partition coefficient (Wildman–Crippen LogP) is 0.457. The average Bonchev–Trinajstić information content (AvgIpc) is 2.59. The lowest BCUT2D eigenvalue weighted by molar-refractivity contribution is -0.153. The second-order valence-corrected chi connectivity index (χ2v) is 4.17. The van der Waals surface area contributed by atoms with Crippen LogP contribution in [0.15, 0.2) is 0 Å². The number of fused-ring (bicyclic) bond motifs is 1. The Balaban J connectivity index is 1.95. The number of piperidine rings is 1. The molecule has 0 radical (unpaired) electrons. The van der Waals surface area contributed by atoms with Crippen molar-refractivity contribution in [2.75, 3.05) is 7.11 Å². The Hall–Kier alpha value is -0.610. The first-order valence-corrected chi connectivity index (χ1v) is 5.20. The summed E-state index contributed by atoms with van der Waals surface area (Å²) in [5.41, 5.74) is 0. The zero-order chi connectivity index (χ0) is 10.1. The monoisotopic (exact) mass is 199 g/mol. The highest BCUT2D eigenvalue weighted by molar-refractivity contribution is 5.75. The standard InChI is InChI=1S/C10H17NO3/c1-6-3-4-8-7(11-6)5-9(14-8)10(12)13-2/h6-9,11H,3-5H2,1-2H3/t6-,7-,8+,9-/m0/s1. The smallest absolute Gasteiger partial charge is 0.335 e. The van der Waals surface area contributed by atoms with Crippen LogP contribution in [0.4, 0.5) is 0 Å². The lowest BCUT2D eigenvalue weighted by Crippen LogP contribution is -2.46. The van der Waals surface area contributed by atoms with Gasteiger partial charge in [0.1, 0.15) is 0 Å². The third kappa shape index (κ3) is 1.77. The molecule has 2 fully saturated rings. The first-order valence-electron chi connectivity index (χ1n) is 5.20. The molecular weight excluding hydrogens is 182 g/mol. The van der Waals surface area contributed by atoms with Gasteiger partial charge in [0, 0.05) is 18.5 Å². The molecular formula is C10H17NO3. The van der Waals surface area contributed by atoms with Crippen LogP contribution in [0.5, 0.6) is 0 Å². The number of methoxy groups -OCH3 is 1. The molecule has 4 nitrogen and oxygen atoms in total. The molecule has 4 atom stereocenters. The van der Waals surface area contributed by atoms with Gasteiger partial charge in [0.05, 0.1) is 13.2 Å². The molecule has 2 aliphatic heterocycles. The first-order chi connectivity index (χ1) is 6.70. The maximum Gasteiger partial charge on any atom is 0.335 e. The lowest BCUT2D eigenvalue weighted by atomic mass is 9.96. The van der Waals surface area contributed by atoms with Gasteiger partial charge in [0.2, 0.25) is 0 Å². The molecule has 1 N–H and O–H groups in total. The Morgan fingerprint density at radius 2 is 2.29 bits per heavy atom. The van der Waals surface area contributed by atoms with Crippen molar-refractivity contribution in [2.45, 2.75) is 50.5 Å². The number of hydrogen-bond acceptors (Lipinski definition) is 4. The fraction of sp³-hybridized carbons (Fsp3) is 0.900. The summed E-state index contributed by atoms with van der Waals surface area (Å²) < 4.78 is 10.3. The Kier molecular flexibility index (Phi) is 2.74. The van der Waals surface area contributed by atoms with Crippen molar-refractivity contribution in [2.24, 2.45) is 0 Å². The van der Waals surface area contributed by atoms with Gasteiger partial charge in [-0.05, 0) is 19.8 Å². The van der Waals surface area contributed by atoms with Gasteiger partial charge in [0.15, 0.2) is 6.10 Å². The molecule has 0 aromatic carbocycles. The Morgan fingerprint density at radius 3 is 3.00 bits per heavy atom. The van der Waals surface area contributed by atoms with Crippen molar-refractivity contribution in [1.82, 2.24) is 5.32 Å². The second kappa shape index (κ2) is 3.87. The highest BCUT2D eigenvalue weighted by Crippen LogP contribution is 2.28. The largest absolute Gasteiger partial charge is 0.467 e. The molecule has 0 unspecified atom stereocenters. The first kappa shape index (κ1) is 9.93. The topological polar surface area (TPSA) is 47.6 Å². The molecule has 80 valence electrons. The number of carbonyl (C=O) groups is 1. The van der Waals surface area contributed by atoms with E-state index in [-0.39, 0.29) is 18.2 Å². The fourth-order valence-corrected chi connectivity index (χ4v) is 2.33. The van der Waals surface area contributed by atoms with Gasteiger partial charge >= 0.3 is 5.97 Å². The number of ether oxygens (including phenoxy) is 2. The summed E-state index contributed by atoms with van der Waals surface area (Å²) in [7, 11) is 1.41. The molecule has 2 aliphatic rings. The van der Waals surface area contributed by atoms with Crippen molar-refractivity contribution in [1.29, 1.82) is 0 Å². The highest BCUT2D eigenvalue weighted by atomic mass is 16.6. The van der Waals surface area contributed by atoms with E-state index in [9.17, 15) is 4.79 Å². The van der Waals surface area contributed by atoms with Crippen LogP contribution in [0.2, 0.25) is 0 Å². The minimum Gasteiger partial charge on any atom is -0.467 e. The molecule has 0 aliphatic carbocycles. The van der Waals surface area contributed by atoms with Crippen molar-refractivity contribution in [3.8, 4) is 0 Å². The Bertz CT molecular complexity index is 231. The zero-order valence-electron chi connectivity index (χ0n) is 8.66.